The maximum Gasteiger partial charge on any atom is 0.175 e. The molecule has 0 aliphatic rings. The van der Waals surface area contributed by atoms with Gasteiger partial charge < -0.3 is 10.8 Å². The van der Waals surface area contributed by atoms with Gasteiger partial charge in [-0.1, -0.05) is 0 Å². The quantitative estimate of drug-likeness (QED) is 0.771. The Balaban J connectivity index is 2.55. The van der Waals surface area contributed by atoms with Crippen LogP contribution in [0.5, 0.6) is 0 Å². The SMILES string of the molecule is CC(O)(CN)CCSc1ccc(S(C)(=O)=O)cc1. The van der Waals surface area contributed by atoms with Crippen molar-refractivity contribution in [2.45, 2.75) is 28.7 Å². The van der Waals surface area contributed by atoms with Crippen LogP contribution in [0.2, 0.25) is 0 Å². The fourth-order valence-electron chi connectivity index (χ4n) is 1.27. The second kappa shape index (κ2) is 6.06. The molecule has 0 spiro atoms. The third-order valence-corrected chi connectivity index (χ3v) is 4.74. The van der Waals surface area contributed by atoms with Crippen LogP contribution >= 0.6 is 11.8 Å². The van der Waals surface area contributed by atoms with Crippen LogP contribution in [0.1, 0.15) is 13.3 Å². The minimum absolute atomic E-state index is 0.237. The predicted molar refractivity (Wildman–Crippen MR) is 74.6 cm³/mol. The lowest BCUT2D eigenvalue weighted by atomic mass is 10.1. The third kappa shape index (κ3) is 4.97. The summed E-state index contributed by atoms with van der Waals surface area (Å²) < 4.78 is 22.5. The van der Waals surface area contributed by atoms with E-state index in [1.54, 1.807) is 43.0 Å². The summed E-state index contributed by atoms with van der Waals surface area (Å²) >= 11 is 1.57. The van der Waals surface area contributed by atoms with Crippen molar-refractivity contribution in [3.8, 4) is 0 Å². The molecule has 0 saturated heterocycles. The Morgan fingerprint density at radius 1 is 1.33 bits per heavy atom. The maximum absolute atomic E-state index is 11.3. The Kier molecular flexibility index (Phi) is 5.21. The molecular weight excluding hydrogens is 270 g/mol. The highest BCUT2D eigenvalue weighted by Gasteiger charge is 2.17. The van der Waals surface area contributed by atoms with Gasteiger partial charge in [0.2, 0.25) is 0 Å². The van der Waals surface area contributed by atoms with E-state index in [4.69, 9.17) is 5.73 Å². The van der Waals surface area contributed by atoms with Crippen molar-refractivity contribution in [3.05, 3.63) is 24.3 Å². The highest BCUT2D eigenvalue weighted by atomic mass is 32.2. The molecule has 4 nitrogen and oxygen atoms in total. The van der Waals surface area contributed by atoms with E-state index in [0.717, 1.165) is 10.6 Å². The van der Waals surface area contributed by atoms with Crippen molar-refractivity contribution in [3.63, 3.8) is 0 Å². The highest BCUT2D eigenvalue weighted by Crippen LogP contribution is 2.23. The van der Waals surface area contributed by atoms with E-state index in [9.17, 15) is 13.5 Å². The molecular formula is C12H19NO3S2. The first-order valence-corrected chi connectivity index (χ1v) is 8.48. The molecule has 0 aromatic heterocycles. The minimum atomic E-state index is -3.13. The number of nitrogens with two attached hydrogens (primary N) is 1. The number of hydrogen-bond acceptors (Lipinski definition) is 5. The summed E-state index contributed by atoms with van der Waals surface area (Å²) in [5, 5.41) is 9.73. The van der Waals surface area contributed by atoms with Crippen LogP contribution < -0.4 is 5.73 Å². The van der Waals surface area contributed by atoms with Gasteiger partial charge in [-0.2, -0.15) is 0 Å². The van der Waals surface area contributed by atoms with Gasteiger partial charge in [-0.05, 0) is 37.6 Å². The molecule has 0 radical (unpaired) electrons. The highest BCUT2D eigenvalue weighted by molar-refractivity contribution is 7.99. The molecule has 0 amide bonds. The smallest absolute Gasteiger partial charge is 0.175 e. The molecule has 1 unspecified atom stereocenters. The Bertz CT molecular complexity index is 481. The van der Waals surface area contributed by atoms with Crippen LogP contribution in [0.3, 0.4) is 0 Å². The molecule has 1 atom stereocenters. The topological polar surface area (TPSA) is 80.4 Å². The predicted octanol–water partition coefficient (Wildman–Crippen LogP) is 1.28. The van der Waals surface area contributed by atoms with Crippen LogP contribution in [0.25, 0.3) is 0 Å². The molecule has 102 valence electrons. The standard InChI is InChI=1S/C12H19NO3S2/c1-12(14,9-13)7-8-17-10-3-5-11(6-4-10)18(2,15)16/h3-6,14H,7-9,13H2,1-2H3. The second-order valence-corrected chi connectivity index (χ2v) is 7.73. The van der Waals surface area contributed by atoms with Crippen LogP contribution in [0.15, 0.2) is 34.1 Å². The van der Waals surface area contributed by atoms with Gasteiger partial charge in [0.15, 0.2) is 9.84 Å². The van der Waals surface area contributed by atoms with Gasteiger partial charge in [0.25, 0.3) is 0 Å². The molecule has 0 heterocycles. The molecule has 0 fully saturated rings. The molecule has 1 aromatic rings. The van der Waals surface area contributed by atoms with Crippen molar-refractivity contribution in [1.82, 2.24) is 0 Å². The van der Waals surface area contributed by atoms with E-state index in [0.29, 0.717) is 11.3 Å². The van der Waals surface area contributed by atoms with Gasteiger partial charge in [0.1, 0.15) is 0 Å². The van der Waals surface area contributed by atoms with Crippen molar-refractivity contribution in [1.29, 1.82) is 0 Å². The fourth-order valence-corrected chi connectivity index (χ4v) is 3.01. The molecule has 0 aliphatic heterocycles. The summed E-state index contributed by atoms with van der Waals surface area (Å²) in [4.78, 5) is 1.30. The van der Waals surface area contributed by atoms with Crippen molar-refractivity contribution < 1.29 is 13.5 Å². The Morgan fingerprint density at radius 3 is 2.33 bits per heavy atom. The average Bonchev–Trinajstić information content (AvgIpc) is 2.28. The number of thioether (sulfide) groups is 1. The van der Waals surface area contributed by atoms with E-state index in [1.807, 2.05) is 0 Å². The molecule has 0 bridgehead atoms. The number of aliphatic hydroxyl groups is 1. The van der Waals surface area contributed by atoms with E-state index >= 15 is 0 Å². The van der Waals surface area contributed by atoms with Crippen molar-refractivity contribution in [2.75, 3.05) is 18.6 Å². The van der Waals surface area contributed by atoms with Crippen molar-refractivity contribution in [2.24, 2.45) is 5.73 Å². The molecule has 1 aromatic carbocycles. The summed E-state index contributed by atoms with van der Waals surface area (Å²) in [6.45, 7) is 1.95. The zero-order valence-corrected chi connectivity index (χ0v) is 12.2. The monoisotopic (exact) mass is 289 g/mol. The van der Waals surface area contributed by atoms with Gasteiger partial charge in [0, 0.05) is 23.4 Å². The lowest BCUT2D eigenvalue weighted by Gasteiger charge is -2.20. The Hall–Kier alpha value is -0.560. The minimum Gasteiger partial charge on any atom is -0.389 e. The van der Waals surface area contributed by atoms with Crippen LogP contribution in [-0.2, 0) is 9.84 Å². The second-order valence-electron chi connectivity index (χ2n) is 4.54. The van der Waals surface area contributed by atoms with Crippen LogP contribution in [0.4, 0.5) is 0 Å². The van der Waals surface area contributed by atoms with Crippen LogP contribution in [0, 0.1) is 0 Å². The Labute approximate surface area is 113 Å². The third-order valence-electron chi connectivity index (χ3n) is 2.60. The lowest BCUT2D eigenvalue weighted by molar-refractivity contribution is 0.0665. The first-order valence-electron chi connectivity index (χ1n) is 5.60. The van der Waals surface area contributed by atoms with Gasteiger partial charge >= 0.3 is 0 Å². The summed E-state index contributed by atoms with van der Waals surface area (Å²) in [7, 11) is -3.13. The molecule has 18 heavy (non-hydrogen) atoms. The molecule has 1 rings (SSSR count). The van der Waals surface area contributed by atoms with Gasteiger partial charge in [-0.15, -0.1) is 11.8 Å². The van der Waals surface area contributed by atoms with Gasteiger partial charge in [-0.3, -0.25) is 0 Å². The fraction of sp³-hybridized carbons (Fsp3) is 0.500. The number of rotatable bonds is 6. The first kappa shape index (κ1) is 15.5. The maximum atomic E-state index is 11.3. The Morgan fingerprint density at radius 2 is 1.89 bits per heavy atom. The van der Waals surface area contributed by atoms with E-state index in [1.165, 1.54) is 6.26 Å². The number of hydrogen-bond donors (Lipinski definition) is 2. The summed E-state index contributed by atoms with van der Waals surface area (Å²) in [5.41, 5.74) is 4.59. The van der Waals surface area contributed by atoms with Gasteiger partial charge in [-0.25, -0.2) is 8.42 Å². The summed E-state index contributed by atoms with van der Waals surface area (Å²) in [6.07, 6.45) is 1.79. The largest absolute Gasteiger partial charge is 0.389 e. The van der Waals surface area contributed by atoms with Crippen LogP contribution in [-0.4, -0.2) is 37.7 Å². The normalized spacial score (nSPS) is 15.3. The number of sulfone groups is 1. The molecule has 0 aliphatic carbocycles. The zero-order valence-electron chi connectivity index (χ0n) is 10.6. The van der Waals surface area contributed by atoms with Crippen molar-refractivity contribution >= 4 is 21.6 Å². The molecule has 6 heteroatoms. The zero-order chi connectivity index (χ0) is 13.8. The van der Waals surface area contributed by atoms with Gasteiger partial charge in [0.05, 0.1) is 10.5 Å². The van der Waals surface area contributed by atoms with E-state index in [-0.39, 0.29) is 6.54 Å². The lowest BCUT2D eigenvalue weighted by Crippen LogP contribution is -2.34. The van der Waals surface area contributed by atoms with E-state index < -0.39 is 15.4 Å². The molecule has 3 N–H and O–H groups in total. The first-order chi connectivity index (χ1) is 8.24. The summed E-state index contributed by atoms with van der Waals surface area (Å²) in [6, 6.07) is 6.74. The number of benzene rings is 1. The molecule has 0 saturated carbocycles. The average molecular weight is 289 g/mol. The van der Waals surface area contributed by atoms with E-state index in [2.05, 4.69) is 0 Å². The summed E-state index contributed by atoms with van der Waals surface area (Å²) in [5.74, 6) is 0.739.